The van der Waals surface area contributed by atoms with E-state index in [2.05, 4.69) is 71.4 Å². The summed E-state index contributed by atoms with van der Waals surface area (Å²) in [7, 11) is 2.19. The number of hydrogen-bond acceptors (Lipinski definition) is 3. The molecule has 2 aromatic carbocycles. The second-order valence-electron chi connectivity index (χ2n) is 6.20. The Kier molecular flexibility index (Phi) is 6.99. The van der Waals surface area contributed by atoms with E-state index in [0.29, 0.717) is 0 Å². The van der Waals surface area contributed by atoms with Gasteiger partial charge in [-0.15, -0.1) is 0 Å². The van der Waals surface area contributed by atoms with E-state index < -0.39 is 0 Å². The zero-order valence-electron chi connectivity index (χ0n) is 14.2. The van der Waals surface area contributed by atoms with Crippen molar-refractivity contribution >= 4 is 16.6 Å². The molecule has 0 saturated carbocycles. The van der Waals surface area contributed by atoms with Crippen LogP contribution in [0.1, 0.15) is 0 Å². The summed E-state index contributed by atoms with van der Waals surface area (Å²) < 4.78 is 0. The highest BCUT2D eigenvalue weighted by Gasteiger charge is 2.17. The van der Waals surface area contributed by atoms with Crippen molar-refractivity contribution in [3.8, 4) is 11.3 Å². The van der Waals surface area contributed by atoms with Crippen LogP contribution in [0.4, 0.5) is 5.69 Å². The lowest BCUT2D eigenvalue weighted by atomic mass is 10.1. The molecule has 1 saturated heterocycles. The standard InChI is InChI=1S/C20H21N3.2BrH/c1-22-11-13-23(14-12-22)20-15-19(16-7-3-2-4-8-16)21-18-10-6-5-9-17(18)20;;/h2-10,15H,11-14H2,1H3;2*1H/p-2. The molecule has 0 bridgehead atoms. The predicted molar refractivity (Wildman–Crippen MR) is 96.9 cm³/mol. The number of fused-ring (bicyclic) bond motifs is 1. The first-order valence-corrected chi connectivity index (χ1v) is 8.20. The van der Waals surface area contributed by atoms with Crippen LogP contribution in [-0.2, 0) is 0 Å². The smallest absolute Gasteiger partial charge is 0.0730 e. The number of hydrogen-bond donors (Lipinski definition) is 0. The van der Waals surface area contributed by atoms with Gasteiger partial charge in [-0.25, -0.2) is 4.98 Å². The molecule has 2 heterocycles. The highest BCUT2D eigenvalue weighted by Crippen LogP contribution is 2.31. The summed E-state index contributed by atoms with van der Waals surface area (Å²) in [6.07, 6.45) is 0. The Labute approximate surface area is 170 Å². The Balaban J connectivity index is 0.00000113. The lowest BCUT2D eigenvalue weighted by Gasteiger charge is -2.34. The Hall–Kier alpha value is -1.43. The molecule has 25 heavy (non-hydrogen) atoms. The van der Waals surface area contributed by atoms with Gasteiger partial charge in [0.1, 0.15) is 0 Å². The fraction of sp³-hybridized carbons (Fsp3) is 0.250. The molecule has 1 aliphatic heterocycles. The molecule has 1 aromatic heterocycles. The van der Waals surface area contributed by atoms with Gasteiger partial charge in [-0.05, 0) is 19.2 Å². The minimum atomic E-state index is 0. The van der Waals surface area contributed by atoms with E-state index in [9.17, 15) is 0 Å². The van der Waals surface area contributed by atoms with E-state index in [1.165, 1.54) is 16.6 Å². The maximum atomic E-state index is 4.88. The summed E-state index contributed by atoms with van der Waals surface area (Å²) in [5.74, 6) is 0. The van der Waals surface area contributed by atoms with Crippen LogP contribution >= 0.6 is 0 Å². The molecule has 132 valence electrons. The fourth-order valence-corrected chi connectivity index (χ4v) is 3.22. The summed E-state index contributed by atoms with van der Waals surface area (Å²) in [5.41, 5.74) is 4.61. The summed E-state index contributed by atoms with van der Waals surface area (Å²) in [5, 5.41) is 1.25. The molecule has 0 spiro atoms. The number of pyridine rings is 1. The molecule has 5 heteroatoms. The molecule has 0 N–H and O–H groups in total. The van der Waals surface area contributed by atoms with E-state index in [1.807, 2.05) is 6.07 Å². The molecule has 3 aromatic rings. The van der Waals surface area contributed by atoms with Crippen molar-refractivity contribution < 1.29 is 34.0 Å². The number of aromatic nitrogens is 1. The topological polar surface area (TPSA) is 19.4 Å². The third-order valence-corrected chi connectivity index (χ3v) is 4.61. The van der Waals surface area contributed by atoms with E-state index in [4.69, 9.17) is 4.98 Å². The largest absolute Gasteiger partial charge is 1.00 e. The molecule has 0 atom stereocenters. The van der Waals surface area contributed by atoms with E-state index in [1.54, 1.807) is 0 Å². The van der Waals surface area contributed by atoms with Crippen LogP contribution < -0.4 is 38.9 Å². The summed E-state index contributed by atoms with van der Waals surface area (Å²) in [4.78, 5) is 9.76. The molecular weight excluding hydrogens is 442 g/mol. The number of benzene rings is 2. The highest BCUT2D eigenvalue weighted by atomic mass is 79.9. The van der Waals surface area contributed by atoms with E-state index in [0.717, 1.165) is 37.4 Å². The average molecular weight is 463 g/mol. The zero-order valence-corrected chi connectivity index (χ0v) is 17.4. The molecule has 0 amide bonds. The van der Waals surface area contributed by atoms with E-state index in [-0.39, 0.29) is 34.0 Å². The van der Waals surface area contributed by atoms with Gasteiger partial charge in [0.2, 0.25) is 0 Å². The summed E-state index contributed by atoms with van der Waals surface area (Å²) in [6.45, 7) is 4.35. The molecule has 3 nitrogen and oxygen atoms in total. The lowest BCUT2D eigenvalue weighted by molar-refractivity contribution is -0.00100. The van der Waals surface area contributed by atoms with Crippen molar-refractivity contribution in [1.29, 1.82) is 0 Å². The number of likely N-dealkylation sites (N-methyl/N-ethyl adjacent to an activating group) is 1. The predicted octanol–water partition coefficient (Wildman–Crippen LogP) is -2.34. The average Bonchev–Trinajstić information content (AvgIpc) is 2.62. The van der Waals surface area contributed by atoms with Gasteiger partial charge in [0, 0.05) is 42.8 Å². The SMILES string of the molecule is CN1CCN(c2cc(-c3ccccc3)nc3ccccc23)CC1.[Br-].[Br-]. The number of rotatable bonds is 2. The van der Waals surface area contributed by atoms with Crippen molar-refractivity contribution in [2.45, 2.75) is 0 Å². The first-order valence-electron chi connectivity index (χ1n) is 8.20. The third-order valence-electron chi connectivity index (χ3n) is 4.61. The van der Waals surface area contributed by atoms with Gasteiger partial charge in [-0.3, -0.25) is 0 Å². The number of nitrogens with zero attached hydrogens (tertiary/aromatic N) is 3. The van der Waals surface area contributed by atoms with Crippen LogP contribution in [0, 0.1) is 0 Å². The van der Waals surface area contributed by atoms with Crippen LogP contribution in [-0.4, -0.2) is 43.1 Å². The number of anilines is 1. The quantitative estimate of drug-likeness (QED) is 0.425. The van der Waals surface area contributed by atoms with Crippen LogP contribution in [0.3, 0.4) is 0 Å². The Morgan fingerprint density at radius 2 is 1.44 bits per heavy atom. The monoisotopic (exact) mass is 461 g/mol. The normalized spacial score (nSPS) is 14.7. The van der Waals surface area contributed by atoms with Gasteiger partial charge in [0.15, 0.2) is 0 Å². The third kappa shape index (κ3) is 4.22. The maximum Gasteiger partial charge on any atom is 0.0730 e. The van der Waals surface area contributed by atoms with Gasteiger partial charge in [0.25, 0.3) is 0 Å². The van der Waals surface area contributed by atoms with Gasteiger partial charge < -0.3 is 43.8 Å². The minimum absolute atomic E-state index is 0. The Morgan fingerprint density at radius 3 is 2.16 bits per heavy atom. The number of piperazine rings is 1. The van der Waals surface area contributed by atoms with Gasteiger partial charge in [-0.2, -0.15) is 0 Å². The second kappa shape index (κ2) is 8.79. The molecule has 0 aliphatic carbocycles. The lowest BCUT2D eigenvalue weighted by Crippen LogP contribution is -3.00. The van der Waals surface area contributed by atoms with Gasteiger partial charge in [0.05, 0.1) is 11.2 Å². The van der Waals surface area contributed by atoms with Crippen molar-refractivity contribution in [2.75, 3.05) is 38.1 Å². The number of halogens is 2. The first kappa shape index (κ1) is 19.9. The summed E-state index contributed by atoms with van der Waals surface area (Å²) in [6, 6.07) is 21.2. The first-order chi connectivity index (χ1) is 11.3. The molecule has 1 aliphatic rings. The zero-order chi connectivity index (χ0) is 15.6. The molecular formula is C20H21Br2N3-2. The molecule has 4 rings (SSSR count). The second-order valence-corrected chi connectivity index (χ2v) is 6.20. The van der Waals surface area contributed by atoms with Crippen LogP contribution in [0.5, 0.6) is 0 Å². The van der Waals surface area contributed by atoms with E-state index >= 15 is 0 Å². The maximum absolute atomic E-state index is 4.88. The molecule has 0 unspecified atom stereocenters. The van der Waals surface area contributed by atoms with Crippen molar-refractivity contribution in [3.05, 3.63) is 60.7 Å². The van der Waals surface area contributed by atoms with Crippen LogP contribution in [0.2, 0.25) is 0 Å². The van der Waals surface area contributed by atoms with Gasteiger partial charge >= 0.3 is 0 Å². The van der Waals surface area contributed by atoms with Crippen molar-refractivity contribution in [2.24, 2.45) is 0 Å². The van der Waals surface area contributed by atoms with Crippen molar-refractivity contribution in [1.82, 2.24) is 9.88 Å². The molecule has 0 radical (unpaired) electrons. The summed E-state index contributed by atoms with van der Waals surface area (Å²) >= 11 is 0. The van der Waals surface area contributed by atoms with Crippen LogP contribution in [0.15, 0.2) is 60.7 Å². The highest BCUT2D eigenvalue weighted by molar-refractivity contribution is 5.94. The Bertz CT molecular complexity index is 816. The Morgan fingerprint density at radius 1 is 0.800 bits per heavy atom. The fourth-order valence-electron chi connectivity index (χ4n) is 3.22. The van der Waals surface area contributed by atoms with Crippen molar-refractivity contribution in [3.63, 3.8) is 0 Å². The molecule has 1 fully saturated rings. The van der Waals surface area contributed by atoms with Crippen LogP contribution in [0.25, 0.3) is 22.2 Å². The number of para-hydroxylation sites is 1. The van der Waals surface area contributed by atoms with Gasteiger partial charge in [-0.1, -0.05) is 48.5 Å². The minimum Gasteiger partial charge on any atom is -1.00 e.